The number of hydrogen-bond acceptors (Lipinski definition) is 7. The summed E-state index contributed by atoms with van der Waals surface area (Å²) in [6.45, 7) is 9.27. The highest BCUT2D eigenvalue weighted by molar-refractivity contribution is 6.02. The van der Waals surface area contributed by atoms with Gasteiger partial charge in [-0.1, -0.05) is 73.9 Å². The Bertz CT molecular complexity index is 1410. The van der Waals surface area contributed by atoms with Gasteiger partial charge < -0.3 is 31.3 Å². The summed E-state index contributed by atoms with van der Waals surface area (Å²) in [6.07, 6.45) is 4.51. The third kappa shape index (κ3) is 11.9. The molecule has 6 N–H and O–H groups in total. The van der Waals surface area contributed by atoms with Gasteiger partial charge in [0, 0.05) is 51.4 Å². The van der Waals surface area contributed by atoms with Crippen LogP contribution in [0.4, 0.5) is 4.79 Å². The number of hydrogen-bond donors (Lipinski definition) is 5. The predicted octanol–water partition coefficient (Wildman–Crippen LogP) is 3.18. The van der Waals surface area contributed by atoms with Crippen molar-refractivity contribution in [2.45, 2.75) is 77.5 Å². The van der Waals surface area contributed by atoms with Gasteiger partial charge in [-0.25, -0.2) is 4.79 Å². The number of amidine groups is 1. The largest absolute Gasteiger partial charge is 0.444 e. The normalized spacial score (nSPS) is 17.0. The molecule has 266 valence electrons. The van der Waals surface area contributed by atoms with Crippen molar-refractivity contribution in [2.24, 2.45) is 17.6 Å². The predicted molar refractivity (Wildman–Crippen MR) is 189 cm³/mol. The highest BCUT2D eigenvalue weighted by Crippen LogP contribution is 2.27. The molecule has 4 rings (SSSR count). The van der Waals surface area contributed by atoms with E-state index in [9.17, 15) is 19.2 Å². The van der Waals surface area contributed by atoms with Crippen molar-refractivity contribution < 1.29 is 23.9 Å². The molecule has 12 nitrogen and oxygen atoms in total. The second kappa shape index (κ2) is 17.8. The quantitative estimate of drug-likeness (QED) is 0.123. The van der Waals surface area contributed by atoms with Crippen LogP contribution >= 0.6 is 0 Å². The first-order chi connectivity index (χ1) is 23.4. The Morgan fingerprint density at radius 2 is 1.51 bits per heavy atom. The summed E-state index contributed by atoms with van der Waals surface area (Å²) in [5, 5.41) is 16.6. The molecule has 2 aliphatic rings. The van der Waals surface area contributed by atoms with Crippen molar-refractivity contribution in [1.82, 2.24) is 25.8 Å². The van der Waals surface area contributed by atoms with Crippen LogP contribution in [0.3, 0.4) is 0 Å². The smallest absolute Gasteiger partial charge is 0.410 e. The number of rotatable bonds is 13. The van der Waals surface area contributed by atoms with Gasteiger partial charge in [-0.3, -0.25) is 24.7 Å². The average Bonchev–Trinajstić information content (AvgIpc) is 3.09. The number of nitrogen functional groups attached to an aromatic ring is 1. The molecule has 1 heterocycles. The molecule has 49 heavy (non-hydrogen) atoms. The number of ether oxygens (including phenoxy) is 1. The first-order valence-corrected chi connectivity index (χ1v) is 17.4. The molecule has 1 unspecified atom stereocenters. The number of nitrogens with zero attached hydrogens (tertiary/aromatic N) is 2. The van der Waals surface area contributed by atoms with Crippen molar-refractivity contribution >= 4 is 29.7 Å². The van der Waals surface area contributed by atoms with E-state index >= 15 is 0 Å². The van der Waals surface area contributed by atoms with Gasteiger partial charge in [0.2, 0.25) is 17.7 Å². The fraction of sp³-hybridized carbons (Fsp3) is 0.541. The number of piperazine rings is 1. The van der Waals surface area contributed by atoms with Gasteiger partial charge in [0.25, 0.3) is 0 Å². The maximum absolute atomic E-state index is 14.0. The van der Waals surface area contributed by atoms with Crippen LogP contribution in [0.25, 0.3) is 0 Å². The van der Waals surface area contributed by atoms with E-state index in [1.54, 1.807) is 29.2 Å². The molecule has 0 bridgehead atoms. The second-order valence-electron chi connectivity index (χ2n) is 14.1. The summed E-state index contributed by atoms with van der Waals surface area (Å²) in [4.78, 5) is 57.6. The first kappa shape index (κ1) is 37.4. The zero-order chi connectivity index (χ0) is 35.4. The Morgan fingerprint density at radius 1 is 0.857 bits per heavy atom. The highest BCUT2D eigenvalue weighted by Gasteiger charge is 2.35. The Balaban J connectivity index is 1.39. The third-order valence-corrected chi connectivity index (χ3v) is 9.10. The van der Waals surface area contributed by atoms with E-state index in [1.165, 1.54) is 0 Å². The van der Waals surface area contributed by atoms with Gasteiger partial charge >= 0.3 is 6.09 Å². The van der Waals surface area contributed by atoms with Crippen molar-refractivity contribution in [3.63, 3.8) is 0 Å². The summed E-state index contributed by atoms with van der Waals surface area (Å²) in [5.41, 5.74) is 7.28. The van der Waals surface area contributed by atoms with Crippen molar-refractivity contribution in [1.29, 1.82) is 5.41 Å². The Kier molecular flexibility index (Phi) is 13.6. The fourth-order valence-corrected chi connectivity index (χ4v) is 6.32. The molecule has 4 amide bonds. The zero-order valence-electron chi connectivity index (χ0n) is 29.1. The molecule has 1 saturated heterocycles. The van der Waals surface area contributed by atoms with Crippen LogP contribution in [0, 0.1) is 17.2 Å². The van der Waals surface area contributed by atoms with E-state index in [2.05, 4.69) is 20.9 Å². The number of carbonyl (C=O) groups is 4. The van der Waals surface area contributed by atoms with Gasteiger partial charge in [0.15, 0.2) is 0 Å². The molecule has 1 aliphatic heterocycles. The lowest BCUT2D eigenvalue weighted by Crippen LogP contribution is -2.56. The first-order valence-electron chi connectivity index (χ1n) is 17.4. The lowest BCUT2D eigenvalue weighted by atomic mass is 9.83. The molecule has 1 aliphatic carbocycles. The van der Waals surface area contributed by atoms with Crippen LogP contribution in [0.2, 0.25) is 0 Å². The molecule has 12 heteroatoms. The van der Waals surface area contributed by atoms with Crippen molar-refractivity contribution in [3.8, 4) is 0 Å². The fourth-order valence-electron chi connectivity index (χ4n) is 6.32. The number of amides is 4. The topological polar surface area (TPSA) is 170 Å². The third-order valence-electron chi connectivity index (χ3n) is 9.10. The summed E-state index contributed by atoms with van der Waals surface area (Å²) < 4.78 is 5.49. The Morgan fingerprint density at radius 3 is 2.12 bits per heavy atom. The van der Waals surface area contributed by atoms with E-state index in [4.69, 9.17) is 15.9 Å². The minimum absolute atomic E-state index is 0.0297. The summed E-state index contributed by atoms with van der Waals surface area (Å²) in [5.74, 6) is -2.34. The van der Waals surface area contributed by atoms with Crippen LogP contribution in [0.5, 0.6) is 0 Å². The monoisotopic (exact) mass is 675 g/mol. The molecule has 0 spiro atoms. The zero-order valence-corrected chi connectivity index (χ0v) is 29.1. The van der Waals surface area contributed by atoms with Crippen LogP contribution < -0.4 is 21.7 Å². The lowest BCUT2D eigenvalue weighted by Gasteiger charge is -2.35. The molecular weight excluding hydrogens is 622 g/mol. The van der Waals surface area contributed by atoms with E-state index in [1.807, 2.05) is 51.1 Å². The Labute approximate surface area is 290 Å². The number of carbonyl (C=O) groups excluding carboxylic acids is 4. The van der Waals surface area contributed by atoms with Crippen molar-refractivity contribution in [3.05, 3.63) is 71.3 Å². The van der Waals surface area contributed by atoms with Gasteiger partial charge in [0.05, 0.1) is 0 Å². The molecule has 2 atom stereocenters. The van der Waals surface area contributed by atoms with E-state index < -0.39 is 29.4 Å². The SMILES string of the molecule is CC(C)(C)OC(=O)N1CCN(CCNC(=O)[C@@H](NC(=O)C(Cc2ccc(C(=N)N)cc2)C(=O)NCc2ccccc2)C2CCCCC2)CC1. The Hall–Kier alpha value is -4.45. The van der Waals surface area contributed by atoms with Crippen LogP contribution in [0.1, 0.15) is 69.6 Å². The van der Waals surface area contributed by atoms with Crippen LogP contribution in [0.15, 0.2) is 54.6 Å². The number of nitrogens with two attached hydrogens (primary N) is 1. The van der Waals surface area contributed by atoms with Gasteiger partial charge in [0.1, 0.15) is 23.4 Å². The molecule has 0 aromatic heterocycles. The van der Waals surface area contributed by atoms with E-state index in [-0.39, 0.29) is 36.7 Å². The average molecular weight is 676 g/mol. The number of benzene rings is 2. The second-order valence-corrected chi connectivity index (χ2v) is 14.1. The molecule has 1 saturated carbocycles. The summed E-state index contributed by atoms with van der Waals surface area (Å²) in [7, 11) is 0. The summed E-state index contributed by atoms with van der Waals surface area (Å²) >= 11 is 0. The minimum Gasteiger partial charge on any atom is -0.444 e. The van der Waals surface area contributed by atoms with Crippen molar-refractivity contribution in [2.75, 3.05) is 39.3 Å². The molecule has 2 aromatic carbocycles. The molecule has 2 fully saturated rings. The maximum Gasteiger partial charge on any atom is 0.410 e. The van der Waals surface area contributed by atoms with E-state index in [0.717, 1.165) is 43.2 Å². The molecule has 0 radical (unpaired) electrons. The van der Waals surface area contributed by atoms with Crippen LogP contribution in [-0.2, 0) is 32.1 Å². The van der Waals surface area contributed by atoms with Gasteiger partial charge in [-0.2, -0.15) is 0 Å². The maximum atomic E-state index is 14.0. The van der Waals surface area contributed by atoms with E-state index in [0.29, 0.717) is 44.8 Å². The number of nitrogens with one attached hydrogen (secondary N) is 4. The highest BCUT2D eigenvalue weighted by atomic mass is 16.6. The summed E-state index contributed by atoms with van der Waals surface area (Å²) in [6, 6.07) is 15.6. The lowest BCUT2D eigenvalue weighted by molar-refractivity contribution is -0.138. The minimum atomic E-state index is -1.08. The van der Waals surface area contributed by atoms with Gasteiger partial charge in [-0.05, 0) is 57.1 Å². The van der Waals surface area contributed by atoms with Gasteiger partial charge in [-0.15, -0.1) is 0 Å². The standard InChI is InChI=1S/C37H53N7O5/c1-37(2,3)49-36(48)44-22-20-43(21-23-44)19-18-40-35(47)31(28-12-8-5-9-13-28)42-34(46)30(24-26-14-16-29(17-15-26)32(38)39)33(45)41-25-27-10-6-4-7-11-27/h4,6-7,10-11,14-17,28,30-31H,5,8-9,12-13,18-25H2,1-3H3,(H3,38,39)(H,40,47)(H,41,45)(H,42,46)/t30?,31-/m0/s1. The van der Waals surface area contributed by atoms with Crippen LogP contribution in [-0.4, -0.2) is 90.4 Å². The molecule has 2 aromatic rings. The molecular formula is C37H53N7O5.